The van der Waals surface area contributed by atoms with Crippen LogP contribution >= 0.6 is 22.9 Å². The summed E-state index contributed by atoms with van der Waals surface area (Å²) in [5, 5.41) is 12.2. The van der Waals surface area contributed by atoms with Crippen molar-refractivity contribution in [3.05, 3.63) is 63.6 Å². The summed E-state index contributed by atoms with van der Waals surface area (Å²) in [6.07, 6.45) is 1.19. The highest BCUT2D eigenvalue weighted by Gasteiger charge is 2.32. The lowest BCUT2D eigenvalue weighted by molar-refractivity contribution is 0.102. The molecule has 1 amide bonds. The molecule has 3 aromatic rings. The van der Waals surface area contributed by atoms with Crippen LogP contribution < -0.4 is 10.1 Å². The van der Waals surface area contributed by atoms with E-state index in [4.69, 9.17) is 16.3 Å². The van der Waals surface area contributed by atoms with Crippen LogP contribution in [0.4, 0.5) is 5.69 Å². The van der Waals surface area contributed by atoms with Gasteiger partial charge in [-0.1, -0.05) is 35.1 Å². The molecule has 0 unspecified atom stereocenters. The SMILES string of the molecule is COc1ccc(NC(=O)c2nnc(C3CCN(S(=O)(=O)c4ccccc4Cl)CC3)s2)cc1. The Kier molecular flexibility index (Phi) is 6.75. The van der Waals surface area contributed by atoms with Gasteiger partial charge in [0, 0.05) is 24.7 Å². The Labute approximate surface area is 195 Å². The Balaban J connectivity index is 1.38. The number of aromatic nitrogens is 2. The second-order valence-electron chi connectivity index (χ2n) is 7.24. The summed E-state index contributed by atoms with van der Waals surface area (Å²) in [5.74, 6) is 0.412. The van der Waals surface area contributed by atoms with E-state index in [1.807, 2.05) is 0 Å². The van der Waals surface area contributed by atoms with Crippen molar-refractivity contribution in [1.82, 2.24) is 14.5 Å². The molecule has 0 bridgehead atoms. The zero-order chi connectivity index (χ0) is 22.7. The van der Waals surface area contributed by atoms with Crippen molar-refractivity contribution in [2.75, 3.05) is 25.5 Å². The second-order valence-corrected chi connectivity index (χ2v) is 10.6. The van der Waals surface area contributed by atoms with E-state index in [0.29, 0.717) is 37.4 Å². The largest absolute Gasteiger partial charge is 0.497 e. The topological polar surface area (TPSA) is 101 Å². The molecule has 1 fully saturated rings. The number of methoxy groups -OCH3 is 1. The summed E-state index contributed by atoms with van der Waals surface area (Å²) in [7, 11) is -2.07. The van der Waals surface area contributed by atoms with Crippen LogP contribution in [-0.4, -0.2) is 49.0 Å². The predicted octanol–water partition coefficient (Wildman–Crippen LogP) is 4.02. The maximum Gasteiger partial charge on any atom is 0.286 e. The van der Waals surface area contributed by atoms with Crippen LogP contribution in [0.1, 0.15) is 33.6 Å². The fourth-order valence-electron chi connectivity index (χ4n) is 3.49. The van der Waals surface area contributed by atoms with Gasteiger partial charge in [-0.15, -0.1) is 10.2 Å². The first-order chi connectivity index (χ1) is 15.4. The Hall–Kier alpha value is -2.53. The van der Waals surface area contributed by atoms with Gasteiger partial charge in [-0.05, 0) is 49.2 Å². The summed E-state index contributed by atoms with van der Waals surface area (Å²) < 4.78 is 32.4. The Morgan fingerprint density at radius 3 is 2.47 bits per heavy atom. The van der Waals surface area contributed by atoms with Gasteiger partial charge >= 0.3 is 0 Å². The highest BCUT2D eigenvalue weighted by atomic mass is 35.5. The number of nitrogens with one attached hydrogen (secondary N) is 1. The molecule has 32 heavy (non-hydrogen) atoms. The Bertz CT molecular complexity index is 1210. The van der Waals surface area contributed by atoms with Gasteiger partial charge in [0.1, 0.15) is 15.7 Å². The van der Waals surface area contributed by atoms with Gasteiger partial charge in [0.05, 0.1) is 12.1 Å². The summed E-state index contributed by atoms with van der Waals surface area (Å²) in [6.45, 7) is 0.705. The molecular weight excluding hydrogens is 472 g/mol. The maximum atomic E-state index is 12.9. The van der Waals surface area contributed by atoms with Gasteiger partial charge in [-0.2, -0.15) is 4.31 Å². The molecule has 1 aliphatic heterocycles. The number of rotatable bonds is 6. The molecule has 2 heterocycles. The molecule has 0 aliphatic carbocycles. The number of halogens is 1. The van der Waals surface area contributed by atoms with Crippen molar-refractivity contribution in [1.29, 1.82) is 0 Å². The predicted molar refractivity (Wildman–Crippen MR) is 123 cm³/mol. The first-order valence-corrected chi connectivity index (χ1v) is 12.6. The number of benzene rings is 2. The van der Waals surface area contributed by atoms with Gasteiger partial charge in [0.2, 0.25) is 15.0 Å². The van der Waals surface area contributed by atoms with E-state index in [1.54, 1.807) is 49.6 Å². The third kappa shape index (κ3) is 4.78. The number of anilines is 1. The van der Waals surface area contributed by atoms with Crippen molar-refractivity contribution in [2.45, 2.75) is 23.7 Å². The van der Waals surface area contributed by atoms with Gasteiger partial charge in [-0.3, -0.25) is 4.79 Å². The van der Waals surface area contributed by atoms with E-state index in [1.165, 1.54) is 21.7 Å². The lowest BCUT2D eigenvalue weighted by atomic mass is 9.99. The normalized spacial score (nSPS) is 15.4. The van der Waals surface area contributed by atoms with E-state index in [2.05, 4.69) is 15.5 Å². The average molecular weight is 493 g/mol. The summed E-state index contributed by atoms with van der Waals surface area (Å²) >= 11 is 7.33. The van der Waals surface area contributed by atoms with E-state index in [9.17, 15) is 13.2 Å². The minimum atomic E-state index is -3.65. The molecule has 2 aromatic carbocycles. The molecule has 1 aromatic heterocycles. The minimum absolute atomic E-state index is 0.0488. The van der Waals surface area contributed by atoms with Gasteiger partial charge in [-0.25, -0.2) is 8.42 Å². The number of sulfonamides is 1. The van der Waals surface area contributed by atoms with Crippen LogP contribution in [-0.2, 0) is 10.0 Å². The number of amides is 1. The molecule has 11 heteroatoms. The van der Waals surface area contributed by atoms with Gasteiger partial charge in [0.15, 0.2) is 0 Å². The van der Waals surface area contributed by atoms with Crippen LogP contribution in [0.3, 0.4) is 0 Å². The third-order valence-electron chi connectivity index (χ3n) is 5.24. The van der Waals surface area contributed by atoms with Crippen LogP contribution in [0.5, 0.6) is 5.75 Å². The van der Waals surface area contributed by atoms with Crippen molar-refractivity contribution >= 4 is 44.6 Å². The van der Waals surface area contributed by atoms with E-state index in [-0.39, 0.29) is 26.8 Å². The minimum Gasteiger partial charge on any atom is -0.497 e. The van der Waals surface area contributed by atoms with E-state index in [0.717, 1.165) is 5.01 Å². The van der Waals surface area contributed by atoms with Crippen molar-refractivity contribution in [2.24, 2.45) is 0 Å². The number of ether oxygens (including phenoxy) is 1. The quantitative estimate of drug-likeness (QED) is 0.557. The number of hydrogen-bond acceptors (Lipinski definition) is 7. The number of nitrogens with zero attached hydrogens (tertiary/aromatic N) is 3. The lowest BCUT2D eigenvalue weighted by Gasteiger charge is -2.30. The highest BCUT2D eigenvalue weighted by molar-refractivity contribution is 7.89. The van der Waals surface area contributed by atoms with Crippen molar-refractivity contribution in [3.63, 3.8) is 0 Å². The fourth-order valence-corrected chi connectivity index (χ4v) is 6.36. The molecule has 0 radical (unpaired) electrons. The molecule has 1 aliphatic rings. The van der Waals surface area contributed by atoms with E-state index >= 15 is 0 Å². The molecule has 168 valence electrons. The molecule has 0 saturated carbocycles. The summed E-state index contributed by atoms with van der Waals surface area (Å²) in [6, 6.07) is 13.4. The zero-order valence-electron chi connectivity index (χ0n) is 17.2. The highest BCUT2D eigenvalue weighted by Crippen LogP contribution is 2.33. The number of carbonyl (C=O) groups is 1. The number of piperidine rings is 1. The number of hydrogen-bond donors (Lipinski definition) is 1. The van der Waals surface area contributed by atoms with Crippen molar-refractivity contribution in [3.8, 4) is 5.75 Å². The van der Waals surface area contributed by atoms with Crippen LogP contribution in [0.25, 0.3) is 0 Å². The average Bonchev–Trinajstić information content (AvgIpc) is 3.30. The fraction of sp³-hybridized carbons (Fsp3) is 0.286. The Morgan fingerprint density at radius 2 is 1.81 bits per heavy atom. The molecule has 1 N–H and O–H groups in total. The first kappa shape index (κ1) is 22.7. The third-order valence-corrected chi connectivity index (χ3v) is 8.72. The molecule has 8 nitrogen and oxygen atoms in total. The molecular formula is C21H21ClN4O4S2. The first-order valence-electron chi connectivity index (χ1n) is 9.92. The lowest BCUT2D eigenvalue weighted by Crippen LogP contribution is -2.38. The smallest absolute Gasteiger partial charge is 0.286 e. The second kappa shape index (κ2) is 9.53. The molecule has 4 rings (SSSR count). The standard InChI is InChI=1S/C21H21ClN4O4S2/c1-30-16-8-6-15(7-9-16)23-19(27)21-25-24-20(31-21)14-10-12-26(13-11-14)32(28,29)18-5-3-2-4-17(18)22/h2-9,14H,10-13H2,1H3,(H,23,27). The number of carbonyl (C=O) groups excluding carboxylic acids is 1. The molecule has 1 saturated heterocycles. The molecule has 0 atom stereocenters. The monoisotopic (exact) mass is 492 g/mol. The zero-order valence-corrected chi connectivity index (χ0v) is 19.6. The van der Waals surface area contributed by atoms with Gasteiger partial charge in [0.25, 0.3) is 5.91 Å². The van der Waals surface area contributed by atoms with Crippen LogP contribution in [0.15, 0.2) is 53.4 Å². The van der Waals surface area contributed by atoms with Crippen molar-refractivity contribution < 1.29 is 17.9 Å². The molecule has 0 spiro atoms. The maximum absolute atomic E-state index is 12.9. The van der Waals surface area contributed by atoms with E-state index < -0.39 is 10.0 Å². The van der Waals surface area contributed by atoms with Gasteiger partial charge < -0.3 is 10.1 Å². The summed E-state index contributed by atoms with van der Waals surface area (Å²) in [4.78, 5) is 12.6. The van der Waals surface area contributed by atoms with Crippen LogP contribution in [0.2, 0.25) is 5.02 Å². The Morgan fingerprint density at radius 1 is 1.12 bits per heavy atom. The summed E-state index contributed by atoms with van der Waals surface area (Å²) in [5.41, 5.74) is 0.630. The van der Waals surface area contributed by atoms with Crippen LogP contribution in [0, 0.1) is 0 Å².